The van der Waals surface area contributed by atoms with Gasteiger partial charge in [0.15, 0.2) is 0 Å². The Morgan fingerprint density at radius 1 is 1.23 bits per heavy atom. The van der Waals surface area contributed by atoms with Crippen LogP contribution in [0.15, 0.2) is 29.2 Å². The standard InChI is InChI=1S/C9H13NS.CH3F/c1-11-9-4-2-8(3-5-9)6-7-10;1-2/h2-5H,6-7,10H2,1H3;1H3. The Balaban J connectivity index is 0.000000671. The van der Waals surface area contributed by atoms with Crippen LogP contribution in [-0.2, 0) is 6.42 Å². The highest BCUT2D eigenvalue weighted by atomic mass is 32.2. The van der Waals surface area contributed by atoms with Gasteiger partial charge >= 0.3 is 0 Å². The first-order chi connectivity index (χ1) is 6.36. The molecule has 0 atom stereocenters. The molecule has 0 aliphatic rings. The lowest BCUT2D eigenvalue weighted by molar-refractivity contribution is 0.636. The minimum absolute atomic E-state index is 0.500. The van der Waals surface area contributed by atoms with Gasteiger partial charge in [0.25, 0.3) is 0 Å². The molecule has 1 aromatic rings. The van der Waals surface area contributed by atoms with Crippen LogP contribution in [0.2, 0.25) is 0 Å². The predicted molar refractivity (Wildman–Crippen MR) is 58.0 cm³/mol. The molecule has 0 aromatic heterocycles. The van der Waals surface area contributed by atoms with E-state index in [2.05, 4.69) is 30.5 Å². The van der Waals surface area contributed by atoms with Gasteiger partial charge in [-0.1, -0.05) is 12.1 Å². The molecule has 0 fully saturated rings. The molecule has 2 N–H and O–H groups in total. The summed E-state index contributed by atoms with van der Waals surface area (Å²) in [5, 5.41) is 0. The molecule has 13 heavy (non-hydrogen) atoms. The zero-order valence-corrected chi connectivity index (χ0v) is 8.90. The number of alkyl halides is 1. The van der Waals surface area contributed by atoms with E-state index in [1.54, 1.807) is 11.8 Å². The maximum Gasteiger partial charge on any atom is 0.0785 e. The van der Waals surface area contributed by atoms with E-state index in [0.717, 1.165) is 13.0 Å². The third-order valence-electron chi connectivity index (χ3n) is 1.59. The van der Waals surface area contributed by atoms with Crippen LogP contribution in [0.5, 0.6) is 0 Å². The first-order valence-corrected chi connectivity index (χ1v) is 5.30. The van der Waals surface area contributed by atoms with Crippen molar-refractivity contribution >= 4 is 11.8 Å². The SMILES string of the molecule is CF.CSc1ccc(CCN)cc1. The lowest BCUT2D eigenvalue weighted by Gasteiger charge is -1.99. The molecule has 0 radical (unpaired) electrons. The number of benzene rings is 1. The summed E-state index contributed by atoms with van der Waals surface area (Å²) in [6.07, 6.45) is 3.06. The van der Waals surface area contributed by atoms with Gasteiger partial charge < -0.3 is 5.73 Å². The number of thioether (sulfide) groups is 1. The topological polar surface area (TPSA) is 26.0 Å². The van der Waals surface area contributed by atoms with Gasteiger partial charge in [-0.25, -0.2) is 0 Å². The van der Waals surface area contributed by atoms with Gasteiger partial charge in [0, 0.05) is 4.90 Å². The molecular weight excluding hydrogens is 185 g/mol. The molecule has 0 aliphatic carbocycles. The van der Waals surface area contributed by atoms with Gasteiger partial charge in [-0.15, -0.1) is 11.8 Å². The van der Waals surface area contributed by atoms with E-state index >= 15 is 0 Å². The lowest BCUT2D eigenvalue weighted by Crippen LogP contribution is -2.02. The second-order valence-electron chi connectivity index (χ2n) is 2.39. The Bertz CT molecular complexity index is 211. The number of rotatable bonds is 3. The normalized spacial score (nSPS) is 8.92. The van der Waals surface area contributed by atoms with Crippen molar-refractivity contribution in [3.05, 3.63) is 29.8 Å². The van der Waals surface area contributed by atoms with Crippen LogP contribution in [0, 0.1) is 0 Å². The van der Waals surface area contributed by atoms with Crippen molar-refractivity contribution in [1.82, 2.24) is 0 Å². The number of hydrogen-bond donors (Lipinski definition) is 1. The van der Waals surface area contributed by atoms with E-state index in [1.807, 2.05) is 0 Å². The number of hydrogen-bond acceptors (Lipinski definition) is 2. The average Bonchev–Trinajstić information content (AvgIpc) is 2.23. The molecule has 0 saturated heterocycles. The van der Waals surface area contributed by atoms with E-state index in [1.165, 1.54) is 10.5 Å². The van der Waals surface area contributed by atoms with Crippen molar-refractivity contribution in [3.63, 3.8) is 0 Å². The molecule has 0 bridgehead atoms. The van der Waals surface area contributed by atoms with E-state index < -0.39 is 0 Å². The van der Waals surface area contributed by atoms with Gasteiger partial charge in [-0.3, -0.25) is 4.39 Å². The summed E-state index contributed by atoms with van der Waals surface area (Å²) in [6.45, 7) is 0.735. The smallest absolute Gasteiger partial charge is 0.0785 e. The van der Waals surface area contributed by atoms with Crippen LogP contribution in [0.1, 0.15) is 5.56 Å². The Kier molecular flexibility index (Phi) is 7.74. The first kappa shape index (κ1) is 12.5. The minimum Gasteiger partial charge on any atom is -0.330 e. The van der Waals surface area contributed by atoms with E-state index in [9.17, 15) is 4.39 Å². The average molecular weight is 201 g/mol. The fraction of sp³-hybridized carbons (Fsp3) is 0.400. The second kappa shape index (κ2) is 8.08. The van der Waals surface area contributed by atoms with Gasteiger partial charge in [-0.05, 0) is 36.9 Å². The number of nitrogens with two attached hydrogens (primary N) is 1. The van der Waals surface area contributed by atoms with Gasteiger partial charge in [0.1, 0.15) is 0 Å². The summed E-state index contributed by atoms with van der Waals surface area (Å²) in [7, 11) is 0.500. The highest BCUT2D eigenvalue weighted by Gasteiger charge is 1.91. The van der Waals surface area contributed by atoms with Crippen LogP contribution in [0.3, 0.4) is 0 Å². The lowest BCUT2D eigenvalue weighted by atomic mass is 10.2. The van der Waals surface area contributed by atoms with Crippen LogP contribution in [0.4, 0.5) is 4.39 Å². The molecule has 0 amide bonds. The summed E-state index contributed by atoms with van der Waals surface area (Å²) >= 11 is 1.76. The monoisotopic (exact) mass is 201 g/mol. The van der Waals surface area contributed by atoms with Crippen LogP contribution in [-0.4, -0.2) is 20.0 Å². The van der Waals surface area contributed by atoms with Gasteiger partial charge in [0.2, 0.25) is 0 Å². The molecule has 0 saturated carbocycles. The third kappa shape index (κ3) is 4.90. The van der Waals surface area contributed by atoms with Crippen molar-refractivity contribution in [2.45, 2.75) is 11.3 Å². The molecule has 1 rings (SSSR count). The van der Waals surface area contributed by atoms with Gasteiger partial charge in [0.05, 0.1) is 7.18 Å². The Hall–Kier alpha value is -0.540. The summed E-state index contributed by atoms with van der Waals surface area (Å²) in [4.78, 5) is 1.31. The Labute approximate surface area is 83.5 Å². The maximum atomic E-state index is 9.50. The Morgan fingerprint density at radius 2 is 1.77 bits per heavy atom. The summed E-state index contributed by atoms with van der Waals surface area (Å²) in [6, 6.07) is 8.54. The van der Waals surface area contributed by atoms with Crippen LogP contribution >= 0.6 is 11.8 Å². The first-order valence-electron chi connectivity index (χ1n) is 4.07. The van der Waals surface area contributed by atoms with Crippen molar-refractivity contribution in [2.75, 3.05) is 20.0 Å². The Morgan fingerprint density at radius 3 is 2.15 bits per heavy atom. The van der Waals surface area contributed by atoms with E-state index in [-0.39, 0.29) is 0 Å². The van der Waals surface area contributed by atoms with Crippen LogP contribution in [0.25, 0.3) is 0 Å². The summed E-state index contributed by atoms with van der Waals surface area (Å²) in [5.74, 6) is 0. The van der Waals surface area contributed by atoms with Crippen molar-refractivity contribution in [1.29, 1.82) is 0 Å². The van der Waals surface area contributed by atoms with Crippen molar-refractivity contribution < 1.29 is 4.39 Å². The molecule has 74 valence electrons. The quantitative estimate of drug-likeness (QED) is 0.760. The fourth-order valence-corrected chi connectivity index (χ4v) is 1.37. The predicted octanol–water partition coefficient (Wildman–Crippen LogP) is 2.50. The second-order valence-corrected chi connectivity index (χ2v) is 3.27. The third-order valence-corrected chi connectivity index (χ3v) is 2.34. The maximum absolute atomic E-state index is 9.50. The summed E-state index contributed by atoms with van der Waals surface area (Å²) in [5.41, 5.74) is 6.75. The summed E-state index contributed by atoms with van der Waals surface area (Å²) < 4.78 is 9.50. The van der Waals surface area contributed by atoms with Crippen molar-refractivity contribution in [3.8, 4) is 0 Å². The van der Waals surface area contributed by atoms with Crippen LogP contribution < -0.4 is 5.73 Å². The van der Waals surface area contributed by atoms with Gasteiger partial charge in [-0.2, -0.15) is 0 Å². The fourth-order valence-electron chi connectivity index (χ4n) is 0.959. The molecular formula is C10H16FNS. The molecule has 0 spiro atoms. The molecule has 3 heteroatoms. The highest BCUT2D eigenvalue weighted by Crippen LogP contribution is 2.14. The van der Waals surface area contributed by atoms with E-state index in [0.29, 0.717) is 7.18 Å². The minimum atomic E-state index is 0.500. The molecule has 0 unspecified atom stereocenters. The number of halogens is 1. The largest absolute Gasteiger partial charge is 0.330 e. The highest BCUT2D eigenvalue weighted by molar-refractivity contribution is 7.98. The molecule has 1 aromatic carbocycles. The molecule has 1 nitrogen and oxygen atoms in total. The van der Waals surface area contributed by atoms with E-state index in [4.69, 9.17) is 5.73 Å². The van der Waals surface area contributed by atoms with Crippen molar-refractivity contribution in [2.24, 2.45) is 5.73 Å². The zero-order chi connectivity index (χ0) is 10.1. The zero-order valence-electron chi connectivity index (χ0n) is 8.09. The molecule has 0 heterocycles. The molecule has 0 aliphatic heterocycles.